The number of fused-ring (bicyclic) bond motifs is 2. The minimum Gasteiger partial charge on any atom is -0.465 e. The molecule has 1 aromatic rings. The van der Waals surface area contributed by atoms with E-state index in [1.54, 1.807) is 0 Å². The number of hydrogen-bond acceptors (Lipinski definition) is 6. The summed E-state index contributed by atoms with van der Waals surface area (Å²) in [5, 5.41) is 0. The summed E-state index contributed by atoms with van der Waals surface area (Å²) in [5.74, 6) is -0.365. The third kappa shape index (κ3) is 1.92. The summed E-state index contributed by atoms with van der Waals surface area (Å²) in [4.78, 5) is 32.0. The second-order valence-electron chi connectivity index (χ2n) is 9.43. The van der Waals surface area contributed by atoms with Crippen LogP contribution in [0.4, 0.5) is 5.69 Å². The molecule has 1 aliphatic carbocycles. The smallest absolute Gasteiger partial charge is 0.302 e. The first-order chi connectivity index (χ1) is 14.4. The van der Waals surface area contributed by atoms with Gasteiger partial charge in [0, 0.05) is 26.4 Å². The van der Waals surface area contributed by atoms with E-state index in [9.17, 15) is 9.59 Å². The first-order valence-corrected chi connectivity index (χ1v) is 10.8. The number of para-hydroxylation sites is 1. The van der Waals surface area contributed by atoms with E-state index >= 15 is 0 Å². The molecule has 30 heavy (non-hydrogen) atoms. The van der Waals surface area contributed by atoms with E-state index in [2.05, 4.69) is 30.0 Å². The molecule has 7 rings (SSSR count). The van der Waals surface area contributed by atoms with Crippen molar-refractivity contribution >= 4 is 23.3 Å². The molecule has 4 saturated heterocycles. The van der Waals surface area contributed by atoms with Gasteiger partial charge >= 0.3 is 11.9 Å². The molecular weight excluding hydrogens is 380 g/mol. The van der Waals surface area contributed by atoms with Crippen LogP contribution in [0.2, 0.25) is 0 Å². The van der Waals surface area contributed by atoms with E-state index in [-0.39, 0.29) is 36.5 Å². The van der Waals surface area contributed by atoms with Crippen molar-refractivity contribution in [3.63, 3.8) is 0 Å². The van der Waals surface area contributed by atoms with Gasteiger partial charge in [0.05, 0.1) is 28.3 Å². The molecule has 6 heteroatoms. The van der Waals surface area contributed by atoms with Crippen LogP contribution >= 0.6 is 0 Å². The molecule has 5 heterocycles. The summed E-state index contributed by atoms with van der Waals surface area (Å²) < 4.78 is 12.0. The second kappa shape index (κ2) is 5.82. The standard InChI is InChI=1S/C24H26N2O4/c1-4-15-11-26-19-9-17(15)24(12-29-13(2)27)20(26)10-23(22(24)30-14(3)28)16-7-5-6-8-18(16)25-21(19)23/h4-8,17,19-20,22H,9-12H2,1-3H3/b15-4-/t17-,19-,20?,22-,23?,24-/m0/s1. The fourth-order valence-corrected chi connectivity index (χ4v) is 7.52. The lowest BCUT2D eigenvalue weighted by molar-refractivity contribution is -0.177. The van der Waals surface area contributed by atoms with Crippen molar-refractivity contribution in [2.75, 3.05) is 13.2 Å². The number of benzene rings is 1. The van der Waals surface area contributed by atoms with Crippen molar-refractivity contribution in [3.05, 3.63) is 41.5 Å². The average molecular weight is 406 g/mol. The van der Waals surface area contributed by atoms with Gasteiger partial charge in [-0.25, -0.2) is 0 Å². The van der Waals surface area contributed by atoms with Gasteiger partial charge in [0.15, 0.2) is 0 Å². The van der Waals surface area contributed by atoms with Crippen molar-refractivity contribution in [2.24, 2.45) is 16.3 Å². The number of rotatable bonds is 3. The van der Waals surface area contributed by atoms with E-state index in [1.807, 2.05) is 12.1 Å². The molecule has 0 N–H and O–H groups in total. The van der Waals surface area contributed by atoms with Gasteiger partial charge in [-0.2, -0.15) is 0 Å². The number of nitrogens with zero attached hydrogens (tertiary/aromatic N) is 2. The molecule has 7 atom stereocenters. The van der Waals surface area contributed by atoms with Crippen LogP contribution in [0.1, 0.15) is 39.2 Å². The summed E-state index contributed by atoms with van der Waals surface area (Å²) in [6, 6.07) is 8.70. The van der Waals surface area contributed by atoms with E-state index < -0.39 is 16.9 Å². The molecule has 5 aliphatic heterocycles. The van der Waals surface area contributed by atoms with E-state index in [1.165, 1.54) is 19.4 Å². The Hall–Kier alpha value is -2.47. The molecular formula is C24H26N2O4. The summed E-state index contributed by atoms with van der Waals surface area (Å²) >= 11 is 0. The van der Waals surface area contributed by atoms with Gasteiger partial charge in [-0.1, -0.05) is 29.8 Å². The minimum absolute atomic E-state index is 0.193. The molecule has 3 unspecified atom stereocenters. The highest BCUT2D eigenvalue weighted by atomic mass is 16.6. The van der Waals surface area contributed by atoms with Gasteiger partial charge in [0.25, 0.3) is 0 Å². The van der Waals surface area contributed by atoms with Crippen LogP contribution in [0, 0.1) is 11.3 Å². The van der Waals surface area contributed by atoms with Crippen LogP contribution in [0.5, 0.6) is 0 Å². The van der Waals surface area contributed by atoms with Crippen LogP contribution < -0.4 is 0 Å². The maximum atomic E-state index is 12.4. The predicted octanol–water partition coefficient (Wildman–Crippen LogP) is 2.93. The van der Waals surface area contributed by atoms with Gasteiger partial charge in [-0.3, -0.25) is 19.5 Å². The number of ether oxygens (including phenoxy) is 2. The monoisotopic (exact) mass is 406 g/mol. The molecule has 5 fully saturated rings. The predicted molar refractivity (Wildman–Crippen MR) is 111 cm³/mol. The molecule has 0 aromatic heterocycles. The number of carbonyl (C=O) groups is 2. The molecule has 1 spiro atoms. The topological polar surface area (TPSA) is 68.2 Å². The first-order valence-electron chi connectivity index (χ1n) is 10.8. The zero-order chi connectivity index (χ0) is 20.8. The highest BCUT2D eigenvalue weighted by Gasteiger charge is 2.80. The largest absolute Gasteiger partial charge is 0.465 e. The molecule has 0 radical (unpaired) electrons. The van der Waals surface area contributed by atoms with Crippen LogP contribution in [-0.2, 0) is 24.5 Å². The average Bonchev–Trinajstić information content (AvgIpc) is 3.18. The Bertz CT molecular complexity index is 1050. The quantitative estimate of drug-likeness (QED) is 0.570. The van der Waals surface area contributed by atoms with Gasteiger partial charge in [0.1, 0.15) is 12.7 Å². The number of allylic oxidation sites excluding steroid dienone is 1. The van der Waals surface area contributed by atoms with Crippen molar-refractivity contribution in [2.45, 2.75) is 57.2 Å². The number of esters is 2. The fourth-order valence-electron chi connectivity index (χ4n) is 7.52. The number of carbonyl (C=O) groups excluding carboxylic acids is 2. The third-order valence-corrected chi connectivity index (χ3v) is 8.37. The van der Waals surface area contributed by atoms with Gasteiger partial charge in [-0.05, 0) is 37.3 Å². The Morgan fingerprint density at radius 3 is 2.80 bits per heavy atom. The van der Waals surface area contributed by atoms with Crippen molar-refractivity contribution in [1.29, 1.82) is 0 Å². The van der Waals surface area contributed by atoms with E-state index in [4.69, 9.17) is 14.5 Å². The summed E-state index contributed by atoms with van der Waals surface area (Å²) in [7, 11) is 0. The highest BCUT2D eigenvalue weighted by Crippen LogP contribution is 2.71. The van der Waals surface area contributed by atoms with Crippen LogP contribution in [-0.4, -0.2) is 53.9 Å². The molecule has 5 bridgehead atoms. The molecule has 0 amide bonds. The minimum atomic E-state index is -0.456. The Morgan fingerprint density at radius 2 is 2.07 bits per heavy atom. The normalized spacial score (nSPS) is 42.7. The summed E-state index contributed by atoms with van der Waals surface area (Å²) in [6.45, 7) is 6.20. The van der Waals surface area contributed by atoms with Crippen LogP contribution in [0.25, 0.3) is 0 Å². The fraction of sp³-hybridized carbons (Fsp3) is 0.542. The Kier molecular flexibility index (Phi) is 3.55. The summed E-state index contributed by atoms with van der Waals surface area (Å²) in [6.07, 6.45) is 3.59. The Labute approximate surface area is 175 Å². The lowest BCUT2D eigenvalue weighted by atomic mass is 9.59. The zero-order valence-corrected chi connectivity index (χ0v) is 17.6. The second-order valence-corrected chi connectivity index (χ2v) is 9.43. The van der Waals surface area contributed by atoms with Gasteiger partial charge in [0.2, 0.25) is 0 Å². The van der Waals surface area contributed by atoms with E-state index in [0.29, 0.717) is 0 Å². The van der Waals surface area contributed by atoms with Crippen LogP contribution in [0.15, 0.2) is 40.9 Å². The number of hydrogen-bond donors (Lipinski definition) is 0. The number of aliphatic imine (C=N–C) groups is 1. The first kappa shape index (κ1) is 18.3. The van der Waals surface area contributed by atoms with Crippen molar-refractivity contribution in [1.82, 2.24) is 4.90 Å². The van der Waals surface area contributed by atoms with E-state index in [0.717, 1.165) is 36.3 Å². The molecule has 6 nitrogen and oxygen atoms in total. The molecule has 1 saturated carbocycles. The third-order valence-electron chi connectivity index (χ3n) is 8.37. The maximum Gasteiger partial charge on any atom is 0.302 e. The van der Waals surface area contributed by atoms with Crippen molar-refractivity contribution in [3.8, 4) is 0 Å². The lowest BCUT2D eigenvalue weighted by Crippen LogP contribution is -2.69. The SMILES string of the molecule is C/C=C1/CN2C3CC45C(=Nc6ccccc64)[C@@H]2C[C@@H]1[C@]3(COC(C)=O)[C@H]5OC(C)=O. The summed E-state index contributed by atoms with van der Waals surface area (Å²) in [5.41, 5.74) is 3.78. The zero-order valence-electron chi connectivity index (χ0n) is 17.6. The lowest BCUT2D eigenvalue weighted by Gasteiger charge is -2.60. The Balaban J connectivity index is 1.63. The van der Waals surface area contributed by atoms with Crippen LogP contribution in [0.3, 0.4) is 0 Å². The molecule has 1 aromatic carbocycles. The van der Waals surface area contributed by atoms with Gasteiger partial charge in [-0.15, -0.1) is 0 Å². The van der Waals surface area contributed by atoms with Gasteiger partial charge < -0.3 is 9.47 Å². The van der Waals surface area contributed by atoms with Crippen molar-refractivity contribution < 1.29 is 19.1 Å². The Morgan fingerprint density at radius 1 is 1.27 bits per heavy atom. The molecule has 156 valence electrons. The molecule has 6 aliphatic rings. The highest BCUT2D eigenvalue weighted by molar-refractivity contribution is 6.08. The number of piperidine rings is 4. The maximum absolute atomic E-state index is 12.4.